The van der Waals surface area contributed by atoms with Crippen LogP contribution < -0.4 is 15.0 Å². The third kappa shape index (κ3) is 7.64. The van der Waals surface area contributed by atoms with Crippen molar-refractivity contribution in [2.24, 2.45) is 11.8 Å². The Kier molecular flexibility index (Phi) is 11.9. The minimum Gasteiger partial charge on any atom is -0.497 e. The highest BCUT2D eigenvalue weighted by Gasteiger charge is 2.57. The Morgan fingerprint density at radius 3 is 2.32 bits per heavy atom. The van der Waals surface area contributed by atoms with E-state index in [-0.39, 0.29) is 42.4 Å². The van der Waals surface area contributed by atoms with Crippen molar-refractivity contribution >= 4 is 29.1 Å². The maximum atomic E-state index is 17.9. The third-order valence-corrected chi connectivity index (χ3v) is 12.1. The van der Waals surface area contributed by atoms with Gasteiger partial charge in [-0.1, -0.05) is 29.8 Å². The first-order valence-electron chi connectivity index (χ1n) is 18.4. The minimum absolute atomic E-state index is 0.00458. The highest BCUT2D eigenvalue weighted by molar-refractivity contribution is 6.30. The lowest BCUT2D eigenvalue weighted by atomic mass is 9.85. The van der Waals surface area contributed by atoms with Gasteiger partial charge in [-0.05, 0) is 80.8 Å². The molecule has 2 aromatic rings. The summed E-state index contributed by atoms with van der Waals surface area (Å²) in [4.78, 5) is 33.5. The van der Waals surface area contributed by atoms with E-state index in [1.807, 2.05) is 43.3 Å². The van der Waals surface area contributed by atoms with Gasteiger partial charge in [0, 0.05) is 100 Å². The van der Waals surface area contributed by atoms with Gasteiger partial charge in [-0.2, -0.15) is 0 Å². The average molecular weight is 713 g/mol. The lowest BCUT2D eigenvalue weighted by molar-refractivity contribution is -0.143. The first kappa shape index (κ1) is 36.9. The summed E-state index contributed by atoms with van der Waals surface area (Å²) < 4.78 is 34.6. The van der Waals surface area contributed by atoms with E-state index in [0.29, 0.717) is 43.6 Å². The van der Waals surface area contributed by atoms with Gasteiger partial charge >= 0.3 is 0 Å². The number of anilines is 1. The molecule has 0 spiro atoms. The second-order valence-corrected chi connectivity index (χ2v) is 15.1. The molecular formula is C39H54ClFN4O5. The number of amides is 2. The smallest absolute Gasteiger partial charge is 0.262 e. The van der Waals surface area contributed by atoms with Crippen molar-refractivity contribution < 1.29 is 28.2 Å². The van der Waals surface area contributed by atoms with Crippen molar-refractivity contribution in [3.8, 4) is 5.75 Å². The van der Waals surface area contributed by atoms with E-state index in [9.17, 15) is 9.59 Å². The molecule has 4 fully saturated rings. The zero-order valence-electron chi connectivity index (χ0n) is 30.0. The molecule has 0 unspecified atom stereocenters. The molecule has 6 rings (SSSR count). The van der Waals surface area contributed by atoms with Crippen molar-refractivity contribution in [3.63, 3.8) is 0 Å². The number of likely N-dealkylation sites (tertiary alicyclic amines) is 2. The summed E-state index contributed by atoms with van der Waals surface area (Å²) in [7, 11) is 5.06. The predicted molar refractivity (Wildman–Crippen MR) is 194 cm³/mol. The summed E-state index contributed by atoms with van der Waals surface area (Å²) in [5.41, 5.74) is 0.848. The standard InChI is InChI=1S/C39H54ClFN4O5/c1-5-42-37(46)27-16-18-43(19-17-27)36-20-29(40)8-15-33(36)34-22-44(21-28(34)24-48-2)38(47)39(41)25-45(30-9-13-32(50-4)14-10-30)23-35(39)26-6-11-31(49-3)12-7-26/h6-8,11-12,15,20,27-28,30,32,34-35H,5,9-10,13-14,16-19,21-25H2,1-4H3,(H,42,46)/t28-,30?,32?,34+,35+,39+/m1/s1. The normalized spacial score (nSPS) is 29.4. The molecule has 3 heterocycles. The van der Waals surface area contributed by atoms with Gasteiger partial charge in [0.15, 0.2) is 0 Å². The summed E-state index contributed by atoms with van der Waals surface area (Å²) in [6.45, 7) is 5.87. The Morgan fingerprint density at radius 1 is 0.960 bits per heavy atom. The first-order chi connectivity index (χ1) is 24.2. The second kappa shape index (κ2) is 16.2. The van der Waals surface area contributed by atoms with Gasteiger partial charge in [0.05, 0.1) is 19.8 Å². The molecule has 1 saturated carbocycles. The van der Waals surface area contributed by atoms with Gasteiger partial charge in [0.1, 0.15) is 5.75 Å². The van der Waals surface area contributed by atoms with Gasteiger partial charge in [0.25, 0.3) is 5.91 Å². The molecule has 0 radical (unpaired) electrons. The number of carbonyl (C=O) groups is 2. The van der Waals surface area contributed by atoms with E-state index in [1.54, 1.807) is 26.2 Å². The average Bonchev–Trinajstić information content (AvgIpc) is 3.73. The number of hydrogen-bond acceptors (Lipinski definition) is 7. The van der Waals surface area contributed by atoms with Crippen LogP contribution in [0.25, 0.3) is 0 Å². The molecule has 50 heavy (non-hydrogen) atoms. The third-order valence-electron chi connectivity index (χ3n) is 11.8. The number of halogens is 2. The van der Waals surface area contributed by atoms with Gasteiger partial charge in [-0.25, -0.2) is 4.39 Å². The van der Waals surface area contributed by atoms with Crippen molar-refractivity contribution in [1.29, 1.82) is 0 Å². The molecule has 9 nitrogen and oxygen atoms in total. The number of piperidine rings is 1. The van der Waals surface area contributed by atoms with Crippen LogP contribution >= 0.6 is 11.6 Å². The van der Waals surface area contributed by atoms with Crippen molar-refractivity contribution in [2.45, 2.75) is 75.1 Å². The van der Waals surface area contributed by atoms with Crippen LogP contribution in [0.15, 0.2) is 42.5 Å². The Labute approximate surface area is 301 Å². The number of ether oxygens (including phenoxy) is 3. The van der Waals surface area contributed by atoms with E-state index in [0.717, 1.165) is 68.4 Å². The molecular weight excluding hydrogens is 659 g/mol. The van der Waals surface area contributed by atoms with Gasteiger partial charge < -0.3 is 29.3 Å². The lowest BCUT2D eigenvalue weighted by Crippen LogP contribution is -2.50. The molecule has 1 aliphatic carbocycles. The fourth-order valence-corrected chi connectivity index (χ4v) is 9.20. The Balaban J connectivity index is 1.25. The second-order valence-electron chi connectivity index (χ2n) is 14.7. The van der Waals surface area contributed by atoms with E-state index in [4.69, 9.17) is 25.8 Å². The van der Waals surface area contributed by atoms with Gasteiger partial charge in [-0.15, -0.1) is 0 Å². The maximum absolute atomic E-state index is 17.9. The van der Waals surface area contributed by atoms with Crippen molar-refractivity contribution in [1.82, 2.24) is 15.1 Å². The summed E-state index contributed by atoms with van der Waals surface area (Å²) >= 11 is 6.58. The fourth-order valence-electron chi connectivity index (χ4n) is 9.04. The number of benzene rings is 2. The van der Waals surface area contributed by atoms with Crippen LogP contribution in [0, 0.1) is 11.8 Å². The molecule has 3 aliphatic heterocycles. The summed E-state index contributed by atoms with van der Waals surface area (Å²) in [5, 5.41) is 3.60. The monoisotopic (exact) mass is 712 g/mol. The topological polar surface area (TPSA) is 83.6 Å². The van der Waals surface area contributed by atoms with E-state index < -0.39 is 17.5 Å². The first-order valence-corrected chi connectivity index (χ1v) is 18.8. The van der Waals surface area contributed by atoms with E-state index in [2.05, 4.69) is 21.2 Å². The number of nitrogens with one attached hydrogen (secondary N) is 1. The van der Waals surface area contributed by atoms with Gasteiger partial charge in [0.2, 0.25) is 11.6 Å². The van der Waals surface area contributed by atoms with Crippen LogP contribution in [-0.4, -0.2) is 113 Å². The SMILES string of the molecule is CCNC(=O)C1CCN(c2cc(Cl)ccc2[C@H]2CN(C(=O)[C@]3(F)CN(C4CCC(OC)CC4)C[C@H]3c3ccc(OC)cc3)C[C@@H]2COC)CC1. The maximum Gasteiger partial charge on any atom is 0.262 e. The number of methoxy groups -OCH3 is 3. The zero-order chi connectivity index (χ0) is 35.4. The summed E-state index contributed by atoms with van der Waals surface area (Å²) in [6.07, 6.45) is 5.51. The molecule has 2 aromatic carbocycles. The number of nitrogens with zero attached hydrogens (tertiary/aromatic N) is 3. The highest BCUT2D eigenvalue weighted by atomic mass is 35.5. The molecule has 4 aliphatic rings. The molecule has 274 valence electrons. The molecule has 11 heteroatoms. The molecule has 0 bridgehead atoms. The van der Waals surface area contributed by atoms with E-state index in [1.165, 1.54) is 0 Å². The predicted octanol–water partition coefficient (Wildman–Crippen LogP) is 5.65. The van der Waals surface area contributed by atoms with E-state index >= 15 is 4.39 Å². The number of carbonyl (C=O) groups excluding carboxylic acids is 2. The quantitative estimate of drug-likeness (QED) is 0.322. The summed E-state index contributed by atoms with van der Waals surface area (Å²) in [6, 6.07) is 13.7. The minimum atomic E-state index is -2.08. The van der Waals surface area contributed by atoms with Crippen molar-refractivity contribution in [3.05, 3.63) is 58.6 Å². The largest absolute Gasteiger partial charge is 0.497 e. The molecule has 4 atom stereocenters. The van der Waals surface area contributed by atoms with Crippen LogP contribution in [0.3, 0.4) is 0 Å². The summed E-state index contributed by atoms with van der Waals surface area (Å²) in [5.74, 6) is -0.292. The molecule has 2 amide bonds. The Bertz CT molecular complexity index is 1460. The van der Waals surface area contributed by atoms with Gasteiger partial charge in [-0.3, -0.25) is 14.5 Å². The Morgan fingerprint density at radius 2 is 1.68 bits per heavy atom. The Hall–Kier alpha value is -2.92. The van der Waals surface area contributed by atoms with Crippen LogP contribution in [0.2, 0.25) is 5.02 Å². The molecule has 0 aromatic heterocycles. The van der Waals surface area contributed by atoms with Crippen LogP contribution in [0.5, 0.6) is 5.75 Å². The zero-order valence-corrected chi connectivity index (χ0v) is 30.8. The van der Waals surface area contributed by atoms with Crippen molar-refractivity contribution in [2.75, 3.05) is 78.6 Å². The fraction of sp³-hybridized carbons (Fsp3) is 0.641. The molecule has 1 N–H and O–H groups in total. The number of hydrogen-bond donors (Lipinski definition) is 1. The van der Waals surface area contributed by atoms with Crippen LogP contribution in [0.1, 0.15) is 68.4 Å². The highest BCUT2D eigenvalue weighted by Crippen LogP contribution is 2.46. The molecule has 3 saturated heterocycles. The van der Waals surface area contributed by atoms with Crippen LogP contribution in [0.4, 0.5) is 10.1 Å². The lowest BCUT2D eigenvalue weighted by Gasteiger charge is -2.36. The number of alkyl halides is 1. The number of rotatable bonds is 11. The van der Waals surface area contributed by atoms with Crippen LogP contribution in [-0.2, 0) is 19.1 Å².